The first-order chi connectivity index (χ1) is 25.9. The second-order valence-corrected chi connectivity index (χ2v) is 15.7. The molecule has 6 rings (SSSR count). The molecule has 1 aromatic heterocycles. The maximum absolute atomic E-state index is 13.2. The van der Waals surface area contributed by atoms with Crippen molar-refractivity contribution in [3.8, 4) is 17.0 Å². The van der Waals surface area contributed by atoms with Gasteiger partial charge in [0.1, 0.15) is 21.6 Å². The first kappa shape index (κ1) is 38.1. The van der Waals surface area contributed by atoms with Gasteiger partial charge < -0.3 is 26.4 Å². The fourth-order valence-corrected chi connectivity index (χ4v) is 8.26. The van der Waals surface area contributed by atoms with E-state index in [2.05, 4.69) is 31.0 Å². The van der Waals surface area contributed by atoms with Gasteiger partial charge in [-0.2, -0.15) is 0 Å². The van der Waals surface area contributed by atoms with Gasteiger partial charge in [-0.25, -0.2) is 8.42 Å². The minimum absolute atomic E-state index is 0.0198. The fraction of sp³-hybridized carbons (Fsp3) is 0.417. The number of rotatable bonds is 15. The molecule has 1 atom stereocenters. The molecule has 2 aromatic carbocycles. The minimum Gasteiger partial charge on any atom is -0.507 e. The highest BCUT2D eigenvalue weighted by Crippen LogP contribution is 2.33. The number of nitrogens with zero attached hydrogens (tertiary/aromatic N) is 5. The van der Waals surface area contributed by atoms with Gasteiger partial charge in [0.05, 0.1) is 40.6 Å². The number of anilines is 3. The van der Waals surface area contributed by atoms with E-state index in [9.17, 15) is 37.5 Å². The Hall–Kier alpha value is -5.62. The third-order valence-corrected chi connectivity index (χ3v) is 11.5. The summed E-state index contributed by atoms with van der Waals surface area (Å²) in [6.45, 7) is 3.27. The van der Waals surface area contributed by atoms with E-state index in [0.29, 0.717) is 68.2 Å². The average molecular weight is 762 g/mol. The molecule has 286 valence electrons. The highest BCUT2D eigenvalue weighted by molar-refractivity contribution is 7.91. The van der Waals surface area contributed by atoms with Gasteiger partial charge >= 0.3 is 0 Å². The predicted molar refractivity (Wildman–Crippen MR) is 199 cm³/mol. The number of nitrogen functional groups attached to an aromatic ring is 1. The number of benzene rings is 2. The summed E-state index contributed by atoms with van der Waals surface area (Å²) >= 11 is 0. The van der Waals surface area contributed by atoms with Crippen LogP contribution in [0.2, 0.25) is 0 Å². The monoisotopic (exact) mass is 761 g/mol. The standard InChI is InChI=1S/C36H43N9O8S/c37-33-28(21-26(41-42-33)23-7-1-2-10-29(23)46)44-17-15-43(16-18-44)22-31(48)39-13-3-4-19-54(52,53)20-6-14-38-25-9-5-8-24-32(25)36(51)45(35(24)50)27-11-12-30(47)40-34(27)49/h1-2,5,7-10,21,27,38,46H,3-4,6,11-20,22H2,(H2,37,42)(H,39,48)(H,40,47,49). The minimum atomic E-state index is -3.37. The van der Waals surface area contributed by atoms with E-state index >= 15 is 0 Å². The van der Waals surface area contributed by atoms with Crippen molar-refractivity contribution >= 4 is 56.6 Å². The molecule has 0 radical (unpaired) electrons. The molecular formula is C36H43N9O8S. The largest absolute Gasteiger partial charge is 0.507 e. The van der Waals surface area contributed by atoms with E-state index in [-0.39, 0.29) is 72.5 Å². The number of aromatic hydroxyl groups is 1. The van der Waals surface area contributed by atoms with Crippen LogP contribution in [-0.2, 0) is 24.2 Å². The van der Waals surface area contributed by atoms with Crippen LogP contribution >= 0.6 is 0 Å². The summed E-state index contributed by atoms with van der Waals surface area (Å²) < 4.78 is 25.4. The maximum atomic E-state index is 13.2. The van der Waals surface area contributed by atoms with Crippen molar-refractivity contribution in [1.29, 1.82) is 0 Å². The van der Waals surface area contributed by atoms with Crippen molar-refractivity contribution < 1.29 is 37.5 Å². The van der Waals surface area contributed by atoms with Crippen molar-refractivity contribution in [3.05, 3.63) is 59.7 Å². The Morgan fingerprint density at radius 2 is 1.65 bits per heavy atom. The highest BCUT2D eigenvalue weighted by Gasteiger charge is 2.45. The number of imide groups is 2. The summed E-state index contributed by atoms with van der Waals surface area (Å²) in [5, 5.41) is 26.5. The lowest BCUT2D eigenvalue weighted by molar-refractivity contribution is -0.136. The second-order valence-electron chi connectivity index (χ2n) is 13.4. The topological polar surface area (TPSA) is 237 Å². The van der Waals surface area contributed by atoms with E-state index in [0.717, 1.165) is 4.90 Å². The number of fused-ring (bicyclic) bond motifs is 1. The first-order valence-electron chi connectivity index (χ1n) is 17.9. The van der Waals surface area contributed by atoms with Gasteiger partial charge in [-0.15, -0.1) is 10.2 Å². The highest BCUT2D eigenvalue weighted by atomic mass is 32.2. The molecule has 0 bridgehead atoms. The number of phenolic OH excluding ortho intramolecular Hbond substituents is 1. The molecule has 2 fully saturated rings. The number of sulfone groups is 1. The summed E-state index contributed by atoms with van der Waals surface area (Å²) in [5.41, 5.74) is 8.54. The van der Waals surface area contributed by atoms with E-state index < -0.39 is 39.5 Å². The van der Waals surface area contributed by atoms with Crippen LogP contribution in [0.4, 0.5) is 17.2 Å². The van der Waals surface area contributed by atoms with Gasteiger partial charge in [0, 0.05) is 56.9 Å². The van der Waals surface area contributed by atoms with Crippen molar-refractivity contribution in [3.63, 3.8) is 0 Å². The third kappa shape index (κ3) is 8.77. The third-order valence-electron chi connectivity index (χ3n) is 9.68. The van der Waals surface area contributed by atoms with Crippen LogP contribution in [0.1, 0.15) is 52.8 Å². The molecule has 54 heavy (non-hydrogen) atoms. The fourth-order valence-electron chi connectivity index (χ4n) is 6.83. The Morgan fingerprint density at radius 3 is 2.41 bits per heavy atom. The molecule has 3 aliphatic heterocycles. The number of amides is 5. The van der Waals surface area contributed by atoms with Crippen LogP contribution in [-0.4, -0.2) is 126 Å². The number of carbonyl (C=O) groups excluding carboxylic acids is 5. The van der Waals surface area contributed by atoms with Crippen LogP contribution in [0.25, 0.3) is 11.3 Å². The molecule has 3 aromatic rings. The molecule has 0 spiro atoms. The van der Waals surface area contributed by atoms with Crippen LogP contribution in [0.15, 0.2) is 48.5 Å². The van der Waals surface area contributed by atoms with Gasteiger partial charge in [0.15, 0.2) is 5.82 Å². The molecule has 4 heterocycles. The number of carbonyl (C=O) groups is 5. The second kappa shape index (κ2) is 16.6. The Balaban J connectivity index is 0.871. The molecule has 0 aliphatic carbocycles. The molecular weight excluding hydrogens is 719 g/mol. The number of hydrogen-bond acceptors (Lipinski definition) is 14. The number of aromatic nitrogens is 2. The molecule has 1 unspecified atom stereocenters. The normalized spacial score (nSPS) is 17.7. The van der Waals surface area contributed by atoms with Gasteiger partial charge in [0.25, 0.3) is 11.8 Å². The van der Waals surface area contributed by atoms with Gasteiger partial charge in [-0.1, -0.05) is 18.2 Å². The quantitative estimate of drug-likeness (QED) is 0.106. The lowest BCUT2D eigenvalue weighted by atomic mass is 10.0. The van der Waals surface area contributed by atoms with E-state index in [1.165, 1.54) is 6.07 Å². The summed E-state index contributed by atoms with van der Waals surface area (Å²) in [6.07, 6.45) is 1.22. The smallest absolute Gasteiger partial charge is 0.264 e. The van der Waals surface area contributed by atoms with E-state index in [1.807, 2.05) is 4.90 Å². The number of unbranched alkanes of at least 4 members (excludes halogenated alkanes) is 1. The molecule has 5 amide bonds. The lowest BCUT2D eigenvalue weighted by Gasteiger charge is -2.36. The molecule has 0 saturated carbocycles. The van der Waals surface area contributed by atoms with Crippen molar-refractivity contribution in [1.82, 2.24) is 30.6 Å². The summed E-state index contributed by atoms with van der Waals surface area (Å²) in [5.74, 6) is -2.27. The van der Waals surface area contributed by atoms with Gasteiger partial charge in [-0.3, -0.25) is 39.1 Å². The molecule has 3 aliphatic rings. The number of piperazine rings is 1. The summed E-state index contributed by atoms with van der Waals surface area (Å²) in [7, 11) is -3.37. The van der Waals surface area contributed by atoms with Gasteiger partial charge in [0.2, 0.25) is 17.7 Å². The zero-order valence-electron chi connectivity index (χ0n) is 29.6. The average Bonchev–Trinajstić information content (AvgIpc) is 3.40. The first-order valence-corrected chi connectivity index (χ1v) is 19.7. The summed E-state index contributed by atoms with van der Waals surface area (Å²) in [6, 6.07) is 12.3. The molecule has 6 N–H and O–H groups in total. The van der Waals surface area contributed by atoms with Gasteiger partial charge in [-0.05, 0) is 56.0 Å². The SMILES string of the molecule is Nc1nnc(-c2ccccc2O)cc1N1CCN(CC(=O)NCCCCS(=O)(=O)CCCNc2cccc3c2C(=O)N(C2CCC(=O)NC2=O)C3=O)CC1. The number of para-hydroxylation sites is 1. The molecule has 2 saturated heterocycles. The number of nitrogens with one attached hydrogen (secondary N) is 3. The van der Waals surface area contributed by atoms with Crippen LogP contribution in [0, 0.1) is 0 Å². The Morgan fingerprint density at radius 1 is 0.907 bits per heavy atom. The van der Waals surface area contributed by atoms with Crippen LogP contribution in [0.5, 0.6) is 5.75 Å². The Kier molecular flexibility index (Phi) is 11.7. The number of hydrogen-bond donors (Lipinski definition) is 5. The Labute approximate surface area is 312 Å². The van der Waals surface area contributed by atoms with Crippen LogP contribution < -0.4 is 26.6 Å². The van der Waals surface area contributed by atoms with Crippen molar-refractivity contribution in [2.75, 3.05) is 73.3 Å². The maximum Gasteiger partial charge on any atom is 0.264 e. The lowest BCUT2D eigenvalue weighted by Crippen LogP contribution is -2.54. The van der Waals surface area contributed by atoms with Crippen LogP contribution in [0.3, 0.4) is 0 Å². The Bertz CT molecular complexity index is 2050. The zero-order valence-corrected chi connectivity index (χ0v) is 30.4. The van der Waals surface area contributed by atoms with Crippen molar-refractivity contribution in [2.24, 2.45) is 0 Å². The zero-order chi connectivity index (χ0) is 38.4. The van der Waals surface area contributed by atoms with Crippen molar-refractivity contribution in [2.45, 2.75) is 38.1 Å². The number of piperidine rings is 1. The number of nitrogens with two attached hydrogens (primary N) is 1. The number of phenols is 1. The molecule has 17 nitrogen and oxygen atoms in total. The summed E-state index contributed by atoms with van der Waals surface area (Å²) in [4.78, 5) is 67.8. The predicted octanol–water partition coefficient (Wildman–Crippen LogP) is 0.768. The molecule has 18 heteroatoms. The van der Waals surface area contributed by atoms with E-state index in [1.54, 1.807) is 42.5 Å². The van der Waals surface area contributed by atoms with E-state index in [4.69, 9.17) is 5.73 Å².